The van der Waals surface area contributed by atoms with E-state index in [0.717, 1.165) is 0 Å². The van der Waals surface area contributed by atoms with Crippen molar-refractivity contribution in [3.05, 3.63) is 54.9 Å². The van der Waals surface area contributed by atoms with Gasteiger partial charge < -0.3 is 10.6 Å². The van der Waals surface area contributed by atoms with Crippen LogP contribution in [0.1, 0.15) is 0 Å². The standard InChI is InChI=1S/C14H8Br2Cl2F2N2O/c15-6-1-3-8(13(19)11(6)17)21-5-10(23)22-9-4-2-7(16)12(18)14(9)20/h1-4,21H,5H2,(H,22,23). The monoisotopic (exact) mass is 486 g/mol. The van der Waals surface area contributed by atoms with Gasteiger partial charge in [0, 0.05) is 8.95 Å². The molecule has 122 valence electrons. The first kappa shape index (κ1) is 18.4. The first-order chi connectivity index (χ1) is 10.8. The highest BCUT2D eigenvalue weighted by Gasteiger charge is 2.14. The van der Waals surface area contributed by atoms with Crippen molar-refractivity contribution in [1.29, 1.82) is 0 Å². The summed E-state index contributed by atoms with van der Waals surface area (Å²) < 4.78 is 28.5. The molecule has 1 amide bonds. The van der Waals surface area contributed by atoms with Gasteiger partial charge in [-0.1, -0.05) is 23.2 Å². The van der Waals surface area contributed by atoms with Crippen molar-refractivity contribution in [3.8, 4) is 0 Å². The summed E-state index contributed by atoms with van der Waals surface area (Å²) in [7, 11) is 0. The van der Waals surface area contributed by atoms with Gasteiger partial charge in [-0.3, -0.25) is 4.79 Å². The third-order valence-corrected chi connectivity index (χ3v) is 5.30. The van der Waals surface area contributed by atoms with Gasteiger partial charge in [0.25, 0.3) is 0 Å². The lowest BCUT2D eigenvalue weighted by molar-refractivity contribution is -0.114. The Bertz CT molecular complexity index is 775. The summed E-state index contributed by atoms with van der Waals surface area (Å²) in [4.78, 5) is 11.8. The average Bonchev–Trinajstić information content (AvgIpc) is 2.52. The van der Waals surface area contributed by atoms with Crippen molar-refractivity contribution >= 4 is 72.3 Å². The van der Waals surface area contributed by atoms with Crippen LogP contribution in [0.4, 0.5) is 20.2 Å². The molecule has 0 fully saturated rings. The molecular weight excluding hydrogens is 481 g/mol. The van der Waals surface area contributed by atoms with Crippen LogP contribution in [0, 0.1) is 11.6 Å². The molecule has 9 heteroatoms. The van der Waals surface area contributed by atoms with Crippen LogP contribution >= 0.6 is 55.1 Å². The minimum atomic E-state index is -0.757. The Balaban J connectivity index is 2.04. The Morgan fingerprint density at radius 3 is 2.00 bits per heavy atom. The topological polar surface area (TPSA) is 41.1 Å². The number of rotatable bonds is 4. The van der Waals surface area contributed by atoms with E-state index in [9.17, 15) is 13.6 Å². The van der Waals surface area contributed by atoms with Gasteiger partial charge in [-0.2, -0.15) is 0 Å². The van der Waals surface area contributed by atoms with Gasteiger partial charge in [-0.05, 0) is 56.1 Å². The lowest BCUT2D eigenvalue weighted by Crippen LogP contribution is -2.22. The fourth-order valence-corrected chi connectivity index (χ4v) is 2.60. The maximum Gasteiger partial charge on any atom is 0.243 e. The van der Waals surface area contributed by atoms with Crippen molar-refractivity contribution in [3.63, 3.8) is 0 Å². The second-order valence-corrected chi connectivity index (χ2v) is 6.81. The Morgan fingerprint density at radius 1 is 0.957 bits per heavy atom. The van der Waals surface area contributed by atoms with Gasteiger partial charge in [0.05, 0.1) is 28.0 Å². The molecule has 0 aliphatic rings. The summed E-state index contributed by atoms with van der Waals surface area (Å²) in [6.45, 7) is -0.276. The molecule has 0 atom stereocenters. The Labute approximate surface area is 157 Å². The van der Waals surface area contributed by atoms with E-state index in [-0.39, 0.29) is 28.0 Å². The van der Waals surface area contributed by atoms with Gasteiger partial charge in [-0.15, -0.1) is 0 Å². The zero-order chi connectivity index (χ0) is 17.1. The summed E-state index contributed by atoms with van der Waals surface area (Å²) >= 11 is 17.6. The van der Waals surface area contributed by atoms with E-state index in [1.165, 1.54) is 18.2 Å². The number of carbonyl (C=O) groups is 1. The third kappa shape index (κ3) is 4.35. The van der Waals surface area contributed by atoms with Crippen molar-refractivity contribution in [2.24, 2.45) is 0 Å². The van der Waals surface area contributed by atoms with E-state index in [1.807, 2.05) is 0 Å². The van der Waals surface area contributed by atoms with Crippen LogP contribution in [0.5, 0.6) is 0 Å². The Morgan fingerprint density at radius 2 is 1.43 bits per heavy atom. The van der Waals surface area contributed by atoms with Crippen LogP contribution in [0.15, 0.2) is 33.2 Å². The molecule has 0 aliphatic heterocycles. The number of nitrogens with one attached hydrogen (secondary N) is 2. The van der Waals surface area contributed by atoms with Crippen LogP contribution < -0.4 is 10.6 Å². The predicted octanol–water partition coefficient (Wildman–Crippen LogP) is 5.85. The predicted molar refractivity (Wildman–Crippen MR) is 95.3 cm³/mol. The van der Waals surface area contributed by atoms with Gasteiger partial charge in [0.1, 0.15) is 0 Å². The zero-order valence-electron chi connectivity index (χ0n) is 11.2. The number of anilines is 2. The molecule has 0 aliphatic carbocycles. The van der Waals surface area contributed by atoms with Crippen LogP contribution in [0.25, 0.3) is 0 Å². The average molecular weight is 489 g/mol. The van der Waals surface area contributed by atoms with Crippen molar-refractivity contribution in [2.45, 2.75) is 0 Å². The molecule has 0 saturated carbocycles. The lowest BCUT2D eigenvalue weighted by Gasteiger charge is -2.11. The third-order valence-electron chi connectivity index (χ3n) is 2.78. The molecule has 2 aromatic rings. The summed E-state index contributed by atoms with van der Waals surface area (Å²) in [5.41, 5.74) is -0.0121. The van der Waals surface area contributed by atoms with Crippen molar-refractivity contribution in [2.75, 3.05) is 17.2 Å². The van der Waals surface area contributed by atoms with E-state index < -0.39 is 17.5 Å². The number of hydrogen-bond acceptors (Lipinski definition) is 2. The fourth-order valence-electron chi connectivity index (χ4n) is 1.65. The second kappa shape index (κ2) is 7.79. The quantitative estimate of drug-likeness (QED) is 0.530. The van der Waals surface area contributed by atoms with Gasteiger partial charge in [-0.25, -0.2) is 8.78 Å². The summed E-state index contributed by atoms with van der Waals surface area (Å²) in [6.07, 6.45) is 0. The highest BCUT2D eigenvalue weighted by molar-refractivity contribution is 9.10. The fraction of sp³-hybridized carbons (Fsp3) is 0.0714. The van der Waals surface area contributed by atoms with Crippen molar-refractivity contribution in [1.82, 2.24) is 0 Å². The summed E-state index contributed by atoms with van der Waals surface area (Å²) in [5, 5.41) is 4.70. The molecule has 0 heterocycles. The molecule has 0 saturated heterocycles. The van der Waals surface area contributed by atoms with Crippen LogP contribution in [-0.4, -0.2) is 12.5 Å². The molecule has 0 aromatic heterocycles. The number of hydrogen-bond donors (Lipinski definition) is 2. The van der Waals surface area contributed by atoms with E-state index in [2.05, 4.69) is 42.5 Å². The molecule has 2 N–H and O–H groups in total. The van der Waals surface area contributed by atoms with Crippen molar-refractivity contribution < 1.29 is 13.6 Å². The number of halogens is 6. The number of benzene rings is 2. The summed E-state index contributed by atoms with van der Waals surface area (Å²) in [5.74, 6) is -2.01. The SMILES string of the molecule is O=C(CNc1ccc(Br)c(Cl)c1F)Nc1ccc(Br)c(Cl)c1F. The highest BCUT2D eigenvalue weighted by atomic mass is 79.9. The minimum Gasteiger partial charge on any atom is -0.374 e. The smallest absolute Gasteiger partial charge is 0.243 e. The normalized spacial score (nSPS) is 10.5. The summed E-state index contributed by atoms with van der Waals surface area (Å²) in [6, 6.07) is 5.83. The molecule has 0 unspecified atom stereocenters. The first-order valence-electron chi connectivity index (χ1n) is 6.12. The van der Waals surface area contributed by atoms with E-state index in [0.29, 0.717) is 8.95 Å². The largest absolute Gasteiger partial charge is 0.374 e. The molecule has 2 rings (SSSR count). The Kier molecular flexibility index (Phi) is 6.25. The zero-order valence-corrected chi connectivity index (χ0v) is 15.9. The van der Waals surface area contributed by atoms with Gasteiger partial charge in [0.15, 0.2) is 11.6 Å². The Hall–Kier alpha value is -0.890. The maximum atomic E-state index is 13.9. The molecule has 2 aromatic carbocycles. The molecule has 23 heavy (non-hydrogen) atoms. The van der Waals surface area contributed by atoms with Crippen LogP contribution in [0.2, 0.25) is 10.0 Å². The second-order valence-electron chi connectivity index (χ2n) is 4.35. The number of carbonyl (C=O) groups excluding carboxylic acids is 1. The van der Waals surface area contributed by atoms with E-state index >= 15 is 0 Å². The minimum absolute atomic E-state index is 0.0580. The maximum absolute atomic E-state index is 13.9. The molecule has 0 spiro atoms. The molecular formula is C14H8Br2Cl2F2N2O. The molecule has 0 radical (unpaired) electrons. The van der Waals surface area contributed by atoms with Crippen LogP contribution in [-0.2, 0) is 4.79 Å². The lowest BCUT2D eigenvalue weighted by atomic mass is 10.3. The van der Waals surface area contributed by atoms with Gasteiger partial charge in [0.2, 0.25) is 5.91 Å². The van der Waals surface area contributed by atoms with E-state index in [1.54, 1.807) is 6.07 Å². The first-order valence-corrected chi connectivity index (χ1v) is 8.46. The highest BCUT2D eigenvalue weighted by Crippen LogP contribution is 2.31. The van der Waals surface area contributed by atoms with Crippen LogP contribution in [0.3, 0.4) is 0 Å². The number of amides is 1. The van der Waals surface area contributed by atoms with Gasteiger partial charge >= 0.3 is 0 Å². The molecule has 3 nitrogen and oxygen atoms in total. The van der Waals surface area contributed by atoms with E-state index in [4.69, 9.17) is 23.2 Å². The molecule has 0 bridgehead atoms.